The Hall–Kier alpha value is -0.630. The maximum atomic E-state index is 12.0. The van der Waals surface area contributed by atoms with Crippen molar-refractivity contribution in [2.75, 3.05) is 19.3 Å². The lowest BCUT2D eigenvalue weighted by atomic mass is 10.2. The van der Waals surface area contributed by atoms with Gasteiger partial charge in [0.25, 0.3) is 0 Å². The first kappa shape index (κ1) is 20.4. The summed E-state index contributed by atoms with van der Waals surface area (Å²) < 4.78 is 12.0. The fraction of sp³-hybridized carbons (Fsp3) is 0.533. The summed E-state index contributed by atoms with van der Waals surface area (Å²) in [5, 5.41) is 6.48. The molecule has 0 saturated heterocycles. The summed E-state index contributed by atoms with van der Waals surface area (Å²) in [6, 6.07) is 10.3. The molecule has 0 spiro atoms. The second-order valence-corrected chi connectivity index (χ2v) is 6.30. The lowest BCUT2D eigenvalue weighted by Gasteiger charge is -2.16. The third-order valence-electron chi connectivity index (χ3n) is 3.01. The summed E-state index contributed by atoms with van der Waals surface area (Å²) in [6.07, 6.45) is 1.04. The number of nitrogens with zero attached hydrogens (tertiary/aromatic N) is 1. The molecule has 0 aliphatic heterocycles. The number of rotatable bonds is 7. The third kappa shape index (κ3) is 9.08. The Kier molecular flexibility index (Phi) is 11.6. The predicted molar refractivity (Wildman–Crippen MR) is 103 cm³/mol. The topological polar surface area (TPSA) is 53.5 Å². The summed E-state index contributed by atoms with van der Waals surface area (Å²) in [5.74, 6) is 2.01. The number of guanidine groups is 1. The van der Waals surface area contributed by atoms with E-state index in [-0.39, 0.29) is 24.0 Å². The molecule has 6 heteroatoms. The van der Waals surface area contributed by atoms with Crippen LogP contribution in [0.5, 0.6) is 0 Å². The van der Waals surface area contributed by atoms with Gasteiger partial charge < -0.3 is 10.6 Å². The monoisotopic (exact) mass is 423 g/mol. The molecule has 2 atom stereocenters. The standard InChI is InChI=1S/C15H25N3OS.HI/c1-4-13(2)18-15(16-3)17-10-11-20(19)12-14-8-6-5-7-9-14;/h5-9,13H,4,10-12H2,1-3H3,(H2,16,17,18);1H. The molecular formula is C15H26IN3OS. The van der Waals surface area contributed by atoms with Crippen molar-refractivity contribution in [3.8, 4) is 0 Å². The maximum absolute atomic E-state index is 12.0. The smallest absolute Gasteiger partial charge is 0.191 e. The van der Waals surface area contributed by atoms with Gasteiger partial charge >= 0.3 is 0 Å². The zero-order valence-electron chi connectivity index (χ0n) is 13.0. The molecule has 0 saturated carbocycles. The van der Waals surface area contributed by atoms with Crippen molar-refractivity contribution in [3.63, 3.8) is 0 Å². The van der Waals surface area contributed by atoms with Crippen LogP contribution in [0.4, 0.5) is 0 Å². The van der Waals surface area contributed by atoms with Gasteiger partial charge in [-0.15, -0.1) is 24.0 Å². The highest BCUT2D eigenvalue weighted by Gasteiger charge is 2.04. The Balaban J connectivity index is 0.00000400. The molecule has 0 fully saturated rings. The number of halogens is 1. The Morgan fingerprint density at radius 3 is 2.57 bits per heavy atom. The zero-order valence-corrected chi connectivity index (χ0v) is 16.1. The third-order valence-corrected chi connectivity index (χ3v) is 4.33. The molecule has 21 heavy (non-hydrogen) atoms. The maximum Gasteiger partial charge on any atom is 0.191 e. The van der Waals surface area contributed by atoms with Crippen LogP contribution in [0.2, 0.25) is 0 Å². The van der Waals surface area contributed by atoms with Gasteiger partial charge in [0.2, 0.25) is 0 Å². The van der Waals surface area contributed by atoms with E-state index in [2.05, 4.69) is 29.5 Å². The number of hydrogen-bond donors (Lipinski definition) is 2. The highest BCUT2D eigenvalue weighted by Crippen LogP contribution is 2.02. The quantitative estimate of drug-likeness (QED) is 0.403. The van der Waals surface area contributed by atoms with Crippen molar-refractivity contribution in [1.82, 2.24) is 10.6 Å². The molecule has 1 rings (SSSR count). The minimum atomic E-state index is -0.849. The van der Waals surface area contributed by atoms with E-state index in [1.165, 1.54) is 0 Å². The Morgan fingerprint density at radius 2 is 2.00 bits per heavy atom. The molecular weight excluding hydrogens is 397 g/mol. The SMILES string of the molecule is CCC(C)NC(=NC)NCCS(=O)Cc1ccccc1.I. The van der Waals surface area contributed by atoms with Crippen LogP contribution in [-0.4, -0.2) is 35.6 Å². The molecule has 0 radical (unpaired) electrons. The van der Waals surface area contributed by atoms with Crippen LogP contribution in [0.25, 0.3) is 0 Å². The molecule has 0 amide bonds. The fourth-order valence-electron chi connectivity index (χ4n) is 1.65. The normalized spacial score (nSPS) is 14.0. The van der Waals surface area contributed by atoms with Crippen LogP contribution in [0, 0.1) is 0 Å². The number of hydrogen-bond acceptors (Lipinski definition) is 2. The molecule has 0 aliphatic carbocycles. The van der Waals surface area contributed by atoms with Gasteiger partial charge in [0.05, 0.1) is 0 Å². The molecule has 0 aromatic heterocycles. The Bertz CT molecular complexity index is 440. The van der Waals surface area contributed by atoms with Gasteiger partial charge in [-0.1, -0.05) is 37.3 Å². The molecule has 1 aromatic carbocycles. The van der Waals surface area contributed by atoms with Gasteiger partial charge in [-0.25, -0.2) is 0 Å². The first-order valence-corrected chi connectivity index (χ1v) is 8.50. The van der Waals surface area contributed by atoms with Crippen molar-refractivity contribution < 1.29 is 4.21 Å². The first-order valence-electron chi connectivity index (χ1n) is 7.01. The van der Waals surface area contributed by atoms with E-state index < -0.39 is 10.8 Å². The van der Waals surface area contributed by atoms with Crippen LogP contribution in [-0.2, 0) is 16.6 Å². The van der Waals surface area contributed by atoms with Crippen molar-refractivity contribution >= 4 is 40.7 Å². The zero-order chi connectivity index (χ0) is 14.8. The van der Waals surface area contributed by atoms with Gasteiger partial charge in [-0.2, -0.15) is 0 Å². The summed E-state index contributed by atoms with van der Waals surface area (Å²) >= 11 is 0. The van der Waals surface area contributed by atoms with Crippen molar-refractivity contribution in [2.24, 2.45) is 4.99 Å². The lowest BCUT2D eigenvalue weighted by Crippen LogP contribution is -2.43. The second-order valence-electron chi connectivity index (χ2n) is 4.73. The van der Waals surface area contributed by atoms with E-state index >= 15 is 0 Å². The van der Waals surface area contributed by atoms with Crippen LogP contribution in [0.15, 0.2) is 35.3 Å². The Morgan fingerprint density at radius 1 is 1.33 bits per heavy atom. The first-order chi connectivity index (χ1) is 9.65. The summed E-state index contributed by atoms with van der Waals surface area (Å²) in [5.41, 5.74) is 1.12. The molecule has 0 bridgehead atoms. The van der Waals surface area contributed by atoms with Gasteiger partial charge in [0, 0.05) is 41.9 Å². The Labute approximate surface area is 147 Å². The number of nitrogens with one attached hydrogen (secondary N) is 2. The summed E-state index contributed by atoms with van der Waals surface area (Å²) in [4.78, 5) is 4.15. The van der Waals surface area contributed by atoms with Crippen LogP contribution < -0.4 is 10.6 Å². The average Bonchev–Trinajstić information content (AvgIpc) is 2.47. The van der Waals surface area contributed by atoms with Gasteiger partial charge in [0.15, 0.2) is 5.96 Å². The molecule has 0 heterocycles. The van der Waals surface area contributed by atoms with Gasteiger partial charge in [-0.3, -0.25) is 9.20 Å². The number of benzene rings is 1. The average molecular weight is 423 g/mol. The van der Waals surface area contributed by atoms with Crippen molar-refractivity contribution in [1.29, 1.82) is 0 Å². The van der Waals surface area contributed by atoms with E-state index in [1.54, 1.807) is 7.05 Å². The van der Waals surface area contributed by atoms with E-state index in [0.717, 1.165) is 17.9 Å². The largest absolute Gasteiger partial charge is 0.355 e. The minimum absolute atomic E-state index is 0. The molecule has 120 valence electrons. The lowest BCUT2D eigenvalue weighted by molar-refractivity contribution is 0.626. The van der Waals surface area contributed by atoms with Crippen LogP contribution >= 0.6 is 24.0 Å². The van der Waals surface area contributed by atoms with Gasteiger partial charge in [-0.05, 0) is 18.9 Å². The van der Waals surface area contributed by atoms with E-state index in [1.807, 2.05) is 30.3 Å². The number of aliphatic imine (C=N–C) groups is 1. The molecule has 0 aliphatic rings. The van der Waals surface area contributed by atoms with Crippen LogP contribution in [0.3, 0.4) is 0 Å². The van der Waals surface area contributed by atoms with E-state index in [9.17, 15) is 4.21 Å². The van der Waals surface area contributed by atoms with Crippen molar-refractivity contribution in [2.45, 2.75) is 32.1 Å². The molecule has 2 N–H and O–H groups in total. The minimum Gasteiger partial charge on any atom is -0.355 e. The van der Waals surface area contributed by atoms with E-state index in [0.29, 0.717) is 24.1 Å². The second kappa shape index (κ2) is 12.0. The molecule has 2 unspecified atom stereocenters. The highest BCUT2D eigenvalue weighted by molar-refractivity contribution is 14.0. The summed E-state index contributed by atoms with van der Waals surface area (Å²) in [6.45, 7) is 4.90. The van der Waals surface area contributed by atoms with Crippen LogP contribution in [0.1, 0.15) is 25.8 Å². The van der Waals surface area contributed by atoms with E-state index in [4.69, 9.17) is 0 Å². The fourth-order valence-corrected chi connectivity index (χ4v) is 2.68. The molecule has 4 nitrogen and oxygen atoms in total. The highest BCUT2D eigenvalue weighted by atomic mass is 127. The predicted octanol–water partition coefficient (Wildman–Crippen LogP) is 2.52. The van der Waals surface area contributed by atoms with Crippen molar-refractivity contribution in [3.05, 3.63) is 35.9 Å². The van der Waals surface area contributed by atoms with Gasteiger partial charge in [0.1, 0.15) is 0 Å². The summed E-state index contributed by atoms with van der Waals surface area (Å²) in [7, 11) is 0.899. The molecule has 1 aromatic rings.